The summed E-state index contributed by atoms with van der Waals surface area (Å²) in [5.41, 5.74) is 1.08. The van der Waals surface area contributed by atoms with Crippen molar-refractivity contribution in [2.45, 2.75) is 6.04 Å². The normalized spacial score (nSPS) is 14.3. The van der Waals surface area contributed by atoms with Gasteiger partial charge in [0, 0.05) is 38.8 Å². The van der Waals surface area contributed by atoms with Crippen LogP contribution < -0.4 is 15.2 Å². The van der Waals surface area contributed by atoms with Crippen molar-refractivity contribution in [2.24, 2.45) is 7.05 Å². The van der Waals surface area contributed by atoms with Gasteiger partial charge < -0.3 is 19.0 Å². The van der Waals surface area contributed by atoms with Gasteiger partial charge in [-0.15, -0.1) is 11.4 Å². The fourth-order valence-electron chi connectivity index (χ4n) is 5.29. The van der Waals surface area contributed by atoms with Crippen molar-refractivity contribution >= 4 is 28.2 Å². The molecule has 5 rings (SSSR count). The molecule has 41 heavy (non-hydrogen) atoms. The van der Waals surface area contributed by atoms with Gasteiger partial charge in [0.05, 0.1) is 16.5 Å². The summed E-state index contributed by atoms with van der Waals surface area (Å²) in [5, 5.41) is 12.1. The molecule has 2 aromatic carbocycles. The fourth-order valence-corrected chi connectivity index (χ4v) is 5.29. The van der Waals surface area contributed by atoms with Crippen molar-refractivity contribution in [1.82, 2.24) is 14.5 Å². The van der Waals surface area contributed by atoms with Crippen LogP contribution in [0.5, 0.6) is 5.75 Å². The lowest BCUT2D eigenvalue weighted by Gasteiger charge is -2.40. The highest BCUT2D eigenvalue weighted by molar-refractivity contribution is 5.94. The summed E-state index contributed by atoms with van der Waals surface area (Å²) in [6, 6.07) is 16.5. The van der Waals surface area contributed by atoms with Crippen LogP contribution in [0.15, 0.2) is 65.5 Å². The topological polar surface area (TPSA) is 98.1 Å². The molecular weight excluding hydrogens is 527 g/mol. The minimum Gasteiger partial charge on any atom is -0.481 e. The maximum Gasteiger partial charge on any atom is 0.361 e. The monoisotopic (exact) mass is 552 g/mol. The average Bonchev–Trinajstić information content (AvgIpc) is 2.99. The summed E-state index contributed by atoms with van der Waals surface area (Å²) in [7, 11) is 1.45. The van der Waals surface area contributed by atoms with Crippen LogP contribution >= 0.6 is 0 Å². The molecule has 206 valence electrons. The quantitative estimate of drug-likeness (QED) is 0.145. The summed E-state index contributed by atoms with van der Waals surface area (Å²) >= 11 is 0. The molecule has 0 aliphatic carbocycles. The van der Waals surface area contributed by atoms with Crippen LogP contribution in [0.4, 0.5) is 21.6 Å². The van der Waals surface area contributed by atoms with E-state index in [0.29, 0.717) is 37.4 Å². The minimum atomic E-state index is -0.749. The van der Waals surface area contributed by atoms with Crippen LogP contribution in [0.3, 0.4) is 0 Å². The Kier molecular flexibility index (Phi) is 7.64. The summed E-state index contributed by atoms with van der Waals surface area (Å²) in [5.74, 6) is 2.80. The zero-order chi connectivity index (χ0) is 29.1. The number of fused-ring (bicyclic) bond motifs is 1. The van der Waals surface area contributed by atoms with E-state index in [9.17, 15) is 19.3 Å². The number of benzene rings is 2. The van der Waals surface area contributed by atoms with Gasteiger partial charge in [-0.1, -0.05) is 42.8 Å². The number of terminal acetylenes is 1. The van der Waals surface area contributed by atoms with E-state index in [2.05, 4.69) is 20.6 Å². The molecule has 0 spiro atoms. The van der Waals surface area contributed by atoms with Crippen LogP contribution in [0.2, 0.25) is 0 Å². The Labute approximate surface area is 235 Å². The summed E-state index contributed by atoms with van der Waals surface area (Å²) in [4.78, 5) is 36.2. The highest BCUT2D eigenvalue weighted by Crippen LogP contribution is 2.38. The van der Waals surface area contributed by atoms with Gasteiger partial charge in [0.2, 0.25) is 5.52 Å². The lowest BCUT2D eigenvalue weighted by molar-refractivity contribution is -0.385. The Hall–Kier alpha value is -5.26. The molecule has 1 saturated heterocycles. The third kappa shape index (κ3) is 5.19. The number of piperazine rings is 1. The molecule has 0 radical (unpaired) electrons. The second-order valence-corrected chi connectivity index (χ2v) is 9.48. The van der Waals surface area contributed by atoms with Crippen molar-refractivity contribution in [2.75, 3.05) is 37.7 Å². The Bertz CT molecular complexity index is 1770. The first-order chi connectivity index (χ1) is 19.8. The molecule has 3 heterocycles. The van der Waals surface area contributed by atoms with E-state index in [-0.39, 0.29) is 35.5 Å². The smallest absolute Gasteiger partial charge is 0.361 e. The highest BCUT2D eigenvalue weighted by atomic mass is 19.1. The second-order valence-electron chi connectivity index (χ2n) is 9.48. The number of anilines is 1. The molecular formula is C30H25FN6O4. The number of pyridine rings is 2. The van der Waals surface area contributed by atoms with E-state index >= 15 is 0 Å². The first kappa shape index (κ1) is 27.3. The van der Waals surface area contributed by atoms with Crippen molar-refractivity contribution < 1.29 is 14.1 Å². The molecule has 1 unspecified atom stereocenters. The van der Waals surface area contributed by atoms with Crippen molar-refractivity contribution in [3.8, 4) is 18.1 Å². The second kappa shape index (κ2) is 11.5. The molecule has 2 aromatic heterocycles. The number of para-hydroxylation sites is 1. The molecule has 1 atom stereocenters. The number of nitro groups is 1. The third-order valence-corrected chi connectivity index (χ3v) is 7.18. The summed E-state index contributed by atoms with van der Waals surface area (Å²) < 4.78 is 20.9. The zero-order valence-electron chi connectivity index (χ0n) is 22.2. The van der Waals surface area contributed by atoms with E-state index in [0.717, 1.165) is 11.1 Å². The summed E-state index contributed by atoms with van der Waals surface area (Å²) in [6.07, 6.45) is 5.43. The molecule has 10 nitrogen and oxygen atoms in total. The molecule has 0 saturated carbocycles. The summed E-state index contributed by atoms with van der Waals surface area (Å²) in [6.45, 7) is 9.01. The standard InChI is InChI=1S/C30H25FN6O4/c1-4-19-41-24-8-6-5-7-22(24)27(20-9-11-21(31)12-10-20)35-15-17-36(18-16-35)28-26-23(13-14-25(32-2)33-26)34(3)30(38)29(28)37(39)40/h1,5-14,27H,15-19H2,3H3. The van der Waals surface area contributed by atoms with Crippen LogP contribution in [-0.4, -0.2) is 52.2 Å². The van der Waals surface area contributed by atoms with Gasteiger partial charge in [0.25, 0.3) is 5.82 Å². The molecule has 4 aromatic rings. The van der Waals surface area contributed by atoms with Gasteiger partial charge in [-0.05, 0) is 35.9 Å². The molecule has 1 aliphatic rings. The highest BCUT2D eigenvalue weighted by Gasteiger charge is 2.35. The van der Waals surface area contributed by atoms with E-state index < -0.39 is 16.2 Å². The van der Waals surface area contributed by atoms with Crippen LogP contribution in [-0.2, 0) is 7.05 Å². The Morgan fingerprint density at radius 3 is 2.51 bits per heavy atom. The van der Waals surface area contributed by atoms with E-state index in [1.807, 2.05) is 24.3 Å². The van der Waals surface area contributed by atoms with Crippen molar-refractivity contribution in [1.29, 1.82) is 0 Å². The number of rotatable bonds is 7. The third-order valence-electron chi connectivity index (χ3n) is 7.18. The maximum absolute atomic E-state index is 13.9. The molecule has 1 fully saturated rings. The fraction of sp³-hybridized carbons (Fsp3) is 0.233. The molecule has 1 aliphatic heterocycles. The molecule has 0 N–H and O–H groups in total. The van der Waals surface area contributed by atoms with Gasteiger partial charge in [-0.3, -0.25) is 19.8 Å². The van der Waals surface area contributed by atoms with Gasteiger partial charge >= 0.3 is 11.2 Å². The lowest BCUT2D eigenvalue weighted by Crippen LogP contribution is -2.48. The minimum absolute atomic E-state index is 0.0743. The number of ether oxygens (including phenoxy) is 1. The predicted molar refractivity (Wildman–Crippen MR) is 153 cm³/mol. The Morgan fingerprint density at radius 2 is 1.85 bits per heavy atom. The Morgan fingerprint density at radius 1 is 1.15 bits per heavy atom. The van der Waals surface area contributed by atoms with Gasteiger partial charge in [0.15, 0.2) is 5.69 Å². The van der Waals surface area contributed by atoms with E-state index in [1.165, 1.54) is 29.8 Å². The van der Waals surface area contributed by atoms with Crippen molar-refractivity contribution in [3.05, 3.63) is 109 Å². The van der Waals surface area contributed by atoms with Gasteiger partial charge in [-0.2, -0.15) is 0 Å². The number of nitrogens with zero attached hydrogens (tertiary/aromatic N) is 6. The SMILES string of the molecule is [C-]#[N+]c1ccc2c(n1)c(N1CCN(C(c3ccc(F)cc3)c3ccccc3OCC#C)CC1)c([N+](=O)[O-])c(=O)n2C. The van der Waals surface area contributed by atoms with Gasteiger partial charge in [0.1, 0.15) is 18.2 Å². The van der Waals surface area contributed by atoms with Crippen LogP contribution in [0.1, 0.15) is 17.2 Å². The van der Waals surface area contributed by atoms with Gasteiger partial charge in [-0.25, -0.2) is 4.39 Å². The van der Waals surface area contributed by atoms with E-state index in [4.69, 9.17) is 17.7 Å². The van der Waals surface area contributed by atoms with Crippen molar-refractivity contribution in [3.63, 3.8) is 0 Å². The largest absolute Gasteiger partial charge is 0.481 e. The molecule has 11 heteroatoms. The Balaban J connectivity index is 1.55. The van der Waals surface area contributed by atoms with Crippen LogP contribution in [0, 0.1) is 34.8 Å². The van der Waals surface area contributed by atoms with E-state index in [1.54, 1.807) is 23.1 Å². The number of halogens is 1. The average molecular weight is 553 g/mol. The number of aromatic nitrogens is 2. The first-order valence-electron chi connectivity index (χ1n) is 12.8. The predicted octanol–water partition coefficient (Wildman–Crippen LogP) is 4.46. The number of hydrogen-bond donors (Lipinski definition) is 0. The first-order valence-corrected chi connectivity index (χ1v) is 12.8. The maximum atomic E-state index is 13.9. The molecule has 0 bridgehead atoms. The number of aryl methyl sites for hydroxylation is 1. The number of hydrogen-bond acceptors (Lipinski definition) is 7. The molecule has 0 amide bonds. The zero-order valence-corrected chi connectivity index (χ0v) is 22.2. The van der Waals surface area contributed by atoms with Crippen LogP contribution in [0.25, 0.3) is 15.9 Å². The lowest BCUT2D eigenvalue weighted by atomic mass is 9.95.